The van der Waals surface area contributed by atoms with Crippen molar-refractivity contribution in [2.24, 2.45) is 0 Å². The summed E-state index contributed by atoms with van der Waals surface area (Å²) in [7, 11) is -1.15. The summed E-state index contributed by atoms with van der Waals surface area (Å²) in [6, 6.07) is 14.5. The van der Waals surface area contributed by atoms with Gasteiger partial charge in [0.1, 0.15) is 12.6 Å². The Morgan fingerprint density at radius 2 is 1.64 bits per heavy atom. The number of anilines is 1. The SMILES string of the molecule is CCCNC(=O)[C@H](C)N(Cc1ccc(Cl)cc1)C(=O)CN(c1ccccc1)S(=O)(=O)N(C)C. The Bertz CT molecular complexity index is 1030. The first-order valence-corrected chi connectivity index (χ1v) is 12.4. The topological polar surface area (TPSA) is 90.0 Å². The van der Waals surface area contributed by atoms with E-state index in [0.29, 0.717) is 17.3 Å². The molecule has 0 aliphatic rings. The molecular weight excluding hydrogens is 464 g/mol. The molecule has 0 radical (unpaired) electrons. The fraction of sp³-hybridized carbons (Fsp3) is 0.391. The highest BCUT2D eigenvalue weighted by molar-refractivity contribution is 7.90. The Labute approximate surface area is 201 Å². The molecule has 0 bridgehead atoms. The maximum atomic E-state index is 13.5. The number of para-hydroxylation sites is 1. The Morgan fingerprint density at radius 3 is 2.18 bits per heavy atom. The zero-order valence-corrected chi connectivity index (χ0v) is 20.9. The van der Waals surface area contributed by atoms with E-state index in [4.69, 9.17) is 11.6 Å². The van der Waals surface area contributed by atoms with Crippen LogP contribution in [0.4, 0.5) is 5.69 Å². The number of halogens is 1. The minimum absolute atomic E-state index is 0.126. The number of carbonyl (C=O) groups is 2. The average molecular weight is 495 g/mol. The summed E-state index contributed by atoms with van der Waals surface area (Å²) in [5.41, 5.74) is 1.12. The summed E-state index contributed by atoms with van der Waals surface area (Å²) in [5.74, 6) is -0.806. The maximum absolute atomic E-state index is 13.5. The second-order valence-electron chi connectivity index (χ2n) is 7.75. The van der Waals surface area contributed by atoms with E-state index < -0.39 is 28.7 Å². The Morgan fingerprint density at radius 1 is 1.03 bits per heavy atom. The minimum atomic E-state index is -3.96. The van der Waals surface area contributed by atoms with Crippen molar-refractivity contribution in [3.63, 3.8) is 0 Å². The van der Waals surface area contributed by atoms with Crippen LogP contribution < -0.4 is 9.62 Å². The molecule has 33 heavy (non-hydrogen) atoms. The molecule has 0 heterocycles. The number of nitrogens with zero attached hydrogens (tertiary/aromatic N) is 3. The van der Waals surface area contributed by atoms with Gasteiger partial charge in [-0.3, -0.25) is 9.59 Å². The molecule has 0 unspecified atom stereocenters. The van der Waals surface area contributed by atoms with Gasteiger partial charge in [0.25, 0.3) is 0 Å². The van der Waals surface area contributed by atoms with Crippen molar-refractivity contribution >= 4 is 39.3 Å². The largest absolute Gasteiger partial charge is 0.354 e. The summed E-state index contributed by atoms with van der Waals surface area (Å²) < 4.78 is 28.1. The minimum Gasteiger partial charge on any atom is -0.354 e. The molecule has 0 fully saturated rings. The van der Waals surface area contributed by atoms with Crippen LogP contribution >= 0.6 is 11.6 Å². The Hall–Kier alpha value is -2.62. The van der Waals surface area contributed by atoms with Gasteiger partial charge in [0.2, 0.25) is 11.8 Å². The highest BCUT2D eigenvalue weighted by Gasteiger charge is 2.32. The van der Waals surface area contributed by atoms with Crippen LogP contribution in [0.3, 0.4) is 0 Å². The number of hydrogen-bond acceptors (Lipinski definition) is 4. The third kappa shape index (κ3) is 7.18. The highest BCUT2D eigenvalue weighted by Crippen LogP contribution is 2.20. The number of nitrogens with one attached hydrogen (secondary N) is 1. The zero-order chi connectivity index (χ0) is 24.6. The molecule has 180 valence electrons. The van der Waals surface area contributed by atoms with Gasteiger partial charge in [-0.1, -0.05) is 48.9 Å². The normalized spacial score (nSPS) is 12.3. The lowest BCUT2D eigenvalue weighted by molar-refractivity contribution is -0.139. The fourth-order valence-corrected chi connectivity index (χ4v) is 4.26. The maximum Gasteiger partial charge on any atom is 0.304 e. The molecule has 0 aliphatic carbocycles. The van der Waals surface area contributed by atoms with E-state index in [-0.39, 0.29) is 12.5 Å². The summed E-state index contributed by atoms with van der Waals surface area (Å²) in [5, 5.41) is 3.36. The van der Waals surface area contributed by atoms with Crippen LogP contribution in [0.15, 0.2) is 54.6 Å². The van der Waals surface area contributed by atoms with Crippen LogP contribution in [0.25, 0.3) is 0 Å². The lowest BCUT2D eigenvalue weighted by atomic mass is 10.1. The van der Waals surface area contributed by atoms with Gasteiger partial charge in [-0.25, -0.2) is 4.31 Å². The highest BCUT2D eigenvalue weighted by atomic mass is 35.5. The number of amides is 2. The number of carbonyl (C=O) groups excluding carboxylic acids is 2. The van der Waals surface area contributed by atoms with E-state index in [1.807, 2.05) is 6.92 Å². The molecule has 1 atom stereocenters. The molecule has 0 spiro atoms. The van der Waals surface area contributed by atoms with Gasteiger partial charge < -0.3 is 10.2 Å². The predicted molar refractivity (Wildman–Crippen MR) is 131 cm³/mol. The van der Waals surface area contributed by atoms with Crippen molar-refractivity contribution in [3.8, 4) is 0 Å². The molecule has 10 heteroatoms. The van der Waals surface area contributed by atoms with Gasteiger partial charge in [-0.15, -0.1) is 0 Å². The van der Waals surface area contributed by atoms with Gasteiger partial charge in [0.15, 0.2) is 0 Å². The third-order valence-electron chi connectivity index (χ3n) is 5.05. The summed E-state index contributed by atoms with van der Waals surface area (Å²) in [6.07, 6.45) is 0.756. The van der Waals surface area contributed by atoms with E-state index >= 15 is 0 Å². The number of hydrogen-bond donors (Lipinski definition) is 1. The molecule has 2 amide bonds. The van der Waals surface area contributed by atoms with Crippen LogP contribution in [0.5, 0.6) is 0 Å². The van der Waals surface area contributed by atoms with Crippen molar-refractivity contribution in [3.05, 3.63) is 65.2 Å². The second-order valence-corrected chi connectivity index (χ2v) is 10.3. The molecule has 1 N–H and O–H groups in total. The zero-order valence-electron chi connectivity index (χ0n) is 19.4. The standard InChI is InChI=1S/C23H31ClN4O4S/c1-5-15-25-23(30)18(2)27(16-19-11-13-20(24)14-12-19)22(29)17-28(33(31,32)26(3)4)21-9-7-6-8-10-21/h6-14,18H,5,15-17H2,1-4H3,(H,25,30)/t18-/m0/s1. The van der Waals surface area contributed by atoms with Crippen LogP contribution in [0, 0.1) is 0 Å². The number of benzene rings is 2. The smallest absolute Gasteiger partial charge is 0.304 e. The van der Waals surface area contributed by atoms with Crippen molar-refractivity contribution in [2.45, 2.75) is 32.9 Å². The molecule has 2 aromatic rings. The fourth-order valence-electron chi connectivity index (χ4n) is 3.08. The van der Waals surface area contributed by atoms with E-state index in [1.165, 1.54) is 19.0 Å². The van der Waals surface area contributed by atoms with Gasteiger partial charge in [0.05, 0.1) is 5.69 Å². The summed E-state index contributed by atoms with van der Waals surface area (Å²) >= 11 is 5.97. The molecular formula is C23H31ClN4O4S. The summed E-state index contributed by atoms with van der Waals surface area (Å²) in [6.45, 7) is 3.72. The number of rotatable bonds is 11. The van der Waals surface area contributed by atoms with Crippen LogP contribution in [-0.2, 0) is 26.3 Å². The Kier molecular flexibility index (Phi) is 9.70. The van der Waals surface area contributed by atoms with Crippen molar-refractivity contribution < 1.29 is 18.0 Å². The first-order chi connectivity index (χ1) is 15.6. The molecule has 0 saturated carbocycles. The van der Waals surface area contributed by atoms with E-state index in [2.05, 4.69) is 5.32 Å². The van der Waals surface area contributed by atoms with Gasteiger partial charge in [-0.05, 0) is 43.2 Å². The molecule has 2 rings (SSSR count). The third-order valence-corrected chi connectivity index (χ3v) is 7.12. The summed E-state index contributed by atoms with van der Waals surface area (Å²) in [4.78, 5) is 27.6. The lowest BCUT2D eigenvalue weighted by Crippen LogP contribution is -2.52. The van der Waals surface area contributed by atoms with Crippen LogP contribution in [0.1, 0.15) is 25.8 Å². The van der Waals surface area contributed by atoms with Gasteiger partial charge in [-0.2, -0.15) is 12.7 Å². The van der Waals surface area contributed by atoms with Gasteiger partial charge in [0, 0.05) is 32.2 Å². The second kappa shape index (κ2) is 12.0. The average Bonchev–Trinajstić information content (AvgIpc) is 2.80. The van der Waals surface area contributed by atoms with E-state index in [9.17, 15) is 18.0 Å². The van der Waals surface area contributed by atoms with Gasteiger partial charge >= 0.3 is 10.2 Å². The quantitative estimate of drug-likeness (QED) is 0.520. The van der Waals surface area contributed by atoms with Crippen molar-refractivity contribution in [1.29, 1.82) is 0 Å². The molecule has 0 aromatic heterocycles. The molecule has 0 saturated heterocycles. The lowest BCUT2D eigenvalue weighted by Gasteiger charge is -2.32. The predicted octanol–water partition coefficient (Wildman–Crippen LogP) is 2.90. The molecule has 8 nitrogen and oxygen atoms in total. The Balaban J connectivity index is 2.39. The van der Waals surface area contributed by atoms with Crippen molar-refractivity contribution in [1.82, 2.24) is 14.5 Å². The molecule has 2 aromatic carbocycles. The monoisotopic (exact) mass is 494 g/mol. The first kappa shape index (κ1) is 26.6. The van der Waals surface area contributed by atoms with Crippen molar-refractivity contribution in [2.75, 3.05) is 31.5 Å². The van der Waals surface area contributed by atoms with Crippen LogP contribution in [-0.4, -0.2) is 62.7 Å². The first-order valence-electron chi connectivity index (χ1n) is 10.6. The molecule has 0 aliphatic heterocycles. The van der Waals surface area contributed by atoms with E-state index in [1.54, 1.807) is 61.5 Å². The van der Waals surface area contributed by atoms with E-state index in [0.717, 1.165) is 20.6 Å². The van der Waals surface area contributed by atoms with Crippen LogP contribution in [0.2, 0.25) is 5.02 Å².